The lowest BCUT2D eigenvalue weighted by Gasteiger charge is -2.11. The van der Waals surface area contributed by atoms with Crippen molar-refractivity contribution in [3.05, 3.63) is 19.2 Å². The third-order valence-electron chi connectivity index (χ3n) is 1.88. The summed E-state index contributed by atoms with van der Waals surface area (Å²) in [7, 11) is 0. The monoisotopic (exact) mass is 398 g/mol. The molecule has 9 heteroatoms. The molecule has 0 bridgehead atoms. The fourth-order valence-electron chi connectivity index (χ4n) is 1.09. The van der Waals surface area contributed by atoms with Gasteiger partial charge in [0.1, 0.15) is 6.04 Å². The zero-order valence-corrected chi connectivity index (χ0v) is 12.8. The summed E-state index contributed by atoms with van der Waals surface area (Å²) in [5.74, 6) is -2.67. The summed E-state index contributed by atoms with van der Waals surface area (Å²) in [4.78, 5) is 33.6. The Bertz CT molecular complexity index is 483. The van der Waals surface area contributed by atoms with Crippen LogP contribution in [0.5, 0.6) is 0 Å². The zero-order chi connectivity index (χ0) is 13.9. The van der Waals surface area contributed by atoms with Gasteiger partial charge in [-0.2, -0.15) is 0 Å². The number of carbonyl (C=O) groups is 3. The highest BCUT2D eigenvalue weighted by molar-refractivity contribution is 9.13. The molecule has 0 saturated carbocycles. The quantitative estimate of drug-likeness (QED) is 0.693. The van der Waals surface area contributed by atoms with Gasteiger partial charge in [0.2, 0.25) is 5.91 Å². The Morgan fingerprint density at radius 1 is 1.44 bits per heavy atom. The Morgan fingerprint density at radius 2 is 2.06 bits per heavy atom. The lowest BCUT2D eigenvalue weighted by Crippen LogP contribution is -2.43. The third-order valence-corrected chi connectivity index (χ3v) is 5.13. The van der Waals surface area contributed by atoms with Gasteiger partial charge in [0.25, 0.3) is 5.91 Å². The minimum Gasteiger partial charge on any atom is -0.480 e. The number of primary amides is 1. The molecule has 6 nitrogen and oxygen atoms in total. The standard InChI is InChI=1S/C9H8Br2N2O4S/c10-3-1-5(18-7(3)11)8(15)13-4(9(16)17)2-6(12)14/h1,4H,2H2,(H2,12,14)(H,13,15)(H,16,17)/t4-/m1/s1. The summed E-state index contributed by atoms with van der Waals surface area (Å²) < 4.78 is 1.41. The maximum Gasteiger partial charge on any atom is 0.326 e. The van der Waals surface area contributed by atoms with Gasteiger partial charge >= 0.3 is 5.97 Å². The number of halogens is 2. The van der Waals surface area contributed by atoms with E-state index in [-0.39, 0.29) is 0 Å². The molecule has 0 aliphatic heterocycles. The smallest absolute Gasteiger partial charge is 0.326 e. The molecule has 0 spiro atoms. The Labute approximate surface area is 123 Å². The Hall–Kier alpha value is -0.930. The number of aliphatic carboxylic acids is 1. The van der Waals surface area contributed by atoms with E-state index in [0.29, 0.717) is 9.35 Å². The molecule has 18 heavy (non-hydrogen) atoms. The molecule has 0 saturated heterocycles. The van der Waals surface area contributed by atoms with Crippen LogP contribution in [0.4, 0.5) is 0 Å². The molecule has 1 aromatic heterocycles. The summed E-state index contributed by atoms with van der Waals surface area (Å²) in [5.41, 5.74) is 4.91. The first-order chi connectivity index (χ1) is 8.31. The molecule has 2 amide bonds. The van der Waals surface area contributed by atoms with Crippen molar-refractivity contribution in [3.8, 4) is 0 Å². The highest BCUT2D eigenvalue weighted by Crippen LogP contribution is 2.32. The third kappa shape index (κ3) is 4.07. The summed E-state index contributed by atoms with van der Waals surface area (Å²) in [6.07, 6.45) is -0.450. The van der Waals surface area contributed by atoms with Crippen LogP contribution in [0.15, 0.2) is 14.3 Å². The molecule has 0 unspecified atom stereocenters. The zero-order valence-electron chi connectivity index (χ0n) is 8.78. The Kier molecular flexibility index (Phi) is 5.29. The van der Waals surface area contributed by atoms with Crippen LogP contribution in [0.3, 0.4) is 0 Å². The molecular weight excluding hydrogens is 392 g/mol. The van der Waals surface area contributed by atoms with E-state index in [1.807, 2.05) is 0 Å². The predicted octanol–water partition coefficient (Wildman–Crippen LogP) is 1.33. The van der Waals surface area contributed by atoms with E-state index in [1.54, 1.807) is 6.07 Å². The molecule has 0 radical (unpaired) electrons. The molecule has 0 fully saturated rings. The number of rotatable bonds is 5. The normalized spacial score (nSPS) is 11.9. The lowest BCUT2D eigenvalue weighted by molar-refractivity contribution is -0.140. The van der Waals surface area contributed by atoms with Crippen LogP contribution >= 0.6 is 43.2 Å². The van der Waals surface area contributed by atoms with Crippen molar-refractivity contribution in [3.63, 3.8) is 0 Å². The Balaban J connectivity index is 2.78. The van der Waals surface area contributed by atoms with Crippen molar-refractivity contribution in [1.82, 2.24) is 5.32 Å². The largest absolute Gasteiger partial charge is 0.480 e. The summed E-state index contributed by atoms with van der Waals surface area (Å²) in [6.45, 7) is 0. The van der Waals surface area contributed by atoms with Crippen LogP contribution < -0.4 is 11.1 Å². The number of nitrogens with one attached hydrogen (secondary N) is 1. The second-order valence-corrected chi connectivity index (χ2v) is 6.49. The molecule has 1 heterocycles. The highest BCUT2D eigenvalue weighted by Gasteiger charge is 2.23. The molecule has 0 aliphatic rings. The van der Waals surface area contributed by atoms with Crippen LogP contribution in [0.2, 0.25) is 0 Å². The van der Waals surface area contributed by atoms with Crippen molar-refractivity contribution in [2.75, 3.05) is 0 Å². The first-order valence-electron chi connectivity index (χ1n) is 4.58. The van der Waals surface area contributed by atoms with E-state index in [1.165, 1.54) is 0 Å². The first kappa shape index (κ1) is 15.1. The molecule has 98 valence electrons. The second-order valence-electron chi connectivity index (χ2n) is 3.27. The maximum atomic E-state index is 11.7. The van der Waals surface area contributed by atoms with Crippen LogP contribution in [0.25, 0.3) is 0 Å². The molecule has 0 aromatic carbocycles. The summed E-state index contributed by atoms with van der Waals surface area (Å²) in [5, 5.41) is 11.1. The van der Waals surface area contributed by atoms with Crippen molar-refractivity contribution in [2.45, 2.75) is 12.5 Å². The minimum absolute atomic E-state index is 0.324. The number of carboxylic acid groups (broad SMARTS) is 1. The lowest BCUT2D eigenvalue weighted by atomic mass is 10.2. The van der Waals surface area contributed by atoms with Crippen LogP contribution in [-0.4, -0.2) is 28.9 Å². The second kappa shape index (κ2) is 6.30. The maximum absolute atomic E-state index is 11.7. The van der Waals surface area contributed by atoms with Crippen LogP contribution in [-0.2, 0) is 9.59 Å². The molecule has 1 atom stereocenters. The average Bonchev–Trinajstić information content (AvgIpc) is 2.57. The number of carbonyl (C=O) groups excluding carboxylic acids is 2. The van der Waals surface area contributed by atoms with Crippen molar-refractivity contribution >= 4 is 61.0 Å². The number of hydrogen-bond donors (Lipinski definition) is 3. The first-order valence-corrected chi connectivity index (χ1v) is 6.98. The van der Waals surface area contributed by atoms with Gasteiger partial charge in [-0.25, -0.2) is 4.79 Å². The van der Waals surface area contributed by atoms with E-state index in [9.17, 15) is 14.4 Å². The van der Waals surface area contributed by atoms with Gasteiger partial charge in [-0.3, -0.25) is 9.59 Å². The predicted molar refractivity (Wildman–Crippen MR) is 72.4 cm³/mol. The average molecular weight is 400 g/mol. The number of nitrogens with two attached hydrogens (primary N) is 1. The van der Waals surface area contributed by atoms with E-state index >= 15 is 0 Å². The molecule has 0 aliphatic carbocycles. The van der Waals surface area contributed by atoms with Crippen LogP contribution in [0, 0.1) is 0 Å². The molecule has 1 aromatic rings. The summed E-state index contributed by atoms with van der Waals surface area (Å²) in [6, 6.07) is 0.224. The molecule has 1 rings (SSSR count). The fraction of sp³-hybridized carbons (Fsp3) is 0.222. The Morgan fingerprint density at radius 3 is 2.44 bits per heavy atom. The molecule has 4 N–H and O–H groups in total. The van der Waals surface area contributed by atoms with E-state index in [4.69, 9.17) is 10.8 Å². The topological polar surface area (TPSA) is 109 Å². The van der Waals surface area contributed by atoms with Gasteiger partial charge in [0.05, 0.1) is 15.1 Å². The van der Waals surface area contributed by atoms with E-state index in [2.05, 4.69) is 37.2 Å². The van der Waals surface area contributed by atoms with Gasteiger partial charge in [-0.05, 0) is 37.9 Å². The summed E-state index contributed by atoms with van der Waals surface area (Å²) >= 11 is 7.58. The van der Waals surface area contributed by atoms with Crippen LogP contribution in [0.1, 0.15) is 16.1 Å². The van der Waals surface area contributed by atoms with Crippen molar-refractivity contribution < 1.29 is 19.5 Å². The van der Waals surface area contributed by atoms with Gasteiger partial charge in [0.15, 0.2) is 0 Å². The number of thiophene rings is 1. The SMILES string of the molecule is NC(=O)C[C@@H](NC(=O)c1cc(Br)c(Br)s1)C(=O)O. The van der Waals surface area contributed by atoms with Gasteiger partial charge in [-0.15, -0.1) is 11.3 Å². The van der Waals surface area contributed by atoms with E-state index < -0.39 is 30.2 Å². The van der Waals surface area contributed by atoms with Crippen molar-refractivity contribution in [2.24, 2.45) is 5.73 Å². The fourth-order valence-corrected chi connectivity index (χ4v) is 3.03. The number of amides is 2. The van der Waals surface area contributed by atoms with Gasteiger partial charge in [-0.1, -0.05) is 0 Å². The minimum atomic E-state index is -1.32. The van der Waals surface area contributed by atoms with E-state index in [0.717, 1.165) is 15.1 Å². The van der Waals surface area contributed by atoms with Gasteiger partial charge in [0, 0.05) is 4.47 Å². The molecular formula is C9H8Br2N2O4S. The highest BCUT2D eigenvalue weighted by atomic mass is 79.9. The number of hydrogen-bond acceptors (Lipinski definition) is 4. The van der Waals surface area contributed by atoms with Gasteiger partial charge < -0.3 is 16.2 Å². The number of carboxylic acids is 1. The van der Waals surface area contributed by atoms with Crippen molar-refractivity contribution in [1.29, 1.82) is 0 Å².